The van der Waals surface area contributed by atoms with E-state index in [9.17, 15) is 9.59 Å². The molecule has 0 spiro atoms. The van der Waals surface area contributed by atoms with Gasteiger partial charge in [-0.25, -0.2) is 4.79 Å². The third-order valence-electron chi connectivity index (χ3n) is 5.07. The summed E-state index contributed by atoms with van der Waals surface area (Å²) >= 11 is 1.72. The average Bonchev–Trinajstić information content (AvgIpc) is 2.69. The van der Waals surface area contributed by atoms with E-state index in [1.165, 1.54) is 32.1 Å². The van der Waals surface area contributed by atoms with Gasteiger partial charge in [-0.2, -0.15) is 11.8 Å². The van der Waals surface area contributed by atoms with Gasteiger partial charge < -0.3 is 15.4 Å². The highest BCUT2D eigenvalue weighted by molar-refractivity contribution is 7.99. The first kappa shape index (κ1) is 24.5. The third kappa shape index (κ3) is 10.9. The van der Waals surface area contributed by atoms with E-state index in [0.717, 1.165) is 23.5 Å². The van der Waals surface area contributed by atoms with Gasteiger partial charge in [0.05, 0.1) is 0 Å². The molecule has 2 amide bonds. The van der Waals surface area contributed by atoms with Gasteiger partial charge in [-0.1, -0.05) is 38.2 Å². The van der Waals surface area contributed by atoms with Crippen molar-refractivity contribution < 1.29 is 14.3 Å². The number of rotatable bonds is 10. The SMILES string of the molecule is CC(C)(C)OC(=O)N[C@H](CSCCC(=O)NCc1cccnc1)CC1CCCCC1. The predicted molar refractivity (Wildman–Crippen MR) is 122 cm³/mol. The molecule has 2 rings (SSSR count). The van der Waals surface area contributed by atoms with Crippen molar-refractivity contribution in [3.63, 3.8) is 0 Å². The Bertz CT molecular complexity index is 643. The van der Waals surface area contributed by atoms with Crippen molar-refractivity contribution in [1.82, 2.24) is 15.6 Å². The van der Waals surface area contributed by atoms with Gasteiger partial charge in [0, 0.05) is 42.9 Å². The Hall–Kier alpha value is -1.76. The molecule has 30 heavy (non-hydrogen) atoms. The second-order valence-electron chi connectivity index (χ2n) is 9.05. The minimum atomic E-state index is -0.501. The Balaban J connectivity index is 1.72. The first-order chi connectivity index (χ1) is 14.3. The lowest BCUT2D eigenvalue weighted by molar-refractivity contribution is -0.120. The number of carbonyl (C=O) groups is 2. The normalized spacial score (nSPS) is 16.0. The lowest BCUT2D eigenvalue weighted by Gasteiger charge is -2.28. The summed E-state index contributed by atoms with van der Waals surface area (Å²) in [7, 11) is 0. The molecule has 6 nitrogen and oxygen atoms in total. The number of nitrogens with one attached hydrogen (secondary N) is 2. The fourth-order valence-corrected chi connectivity index (χ4v) is 4.65. The number of thioether (sulfide) groups is 1. The van der Waals surface area contributed by atoms with E-state index in [1.807, 2.05) is 32.9 Å². The van der Waals surface area contributed by atoms with Crippen molar-refractivity contribution in [2.75, 3.05) is 11.5 Å². The third-order valence-corrected chi connectivity index (χ3v) is 6.20. The van der Waals surface area contributed by atoms with Gasteiger partial charge in [-0.05, 0) is 44.7 Å². The number of nitrogens with zero attached hydrogens (tertiary/aromatic N) is 1. The van der Waals surface area contributed by atoms with E-state index < -0.39 is 5.60 Å². The van der Waals surface area contributed by atoms with Crippen LogP contribution in [-0.2, 0) is 16.1 Å². The smallest absolute Gasteiger partial charge is 0.407 e. The molecule has 7 heteroatoms. The van der Waals surface area contributed by atoms with Crippen LogP contribution in [0.4, 0.5) is 4.79 Å². The highest BCUT2D eigenvalue weighted by atomic mass is 32.2. The van der Waals surface area contributed by atoms with Crippen LogP contribution < -0.4 is 10.6 Å². The van der Waals surface area contributed by atoms with E-state index >= 15 is 0 Å². The average molecular weight is 436 g/mol. The van der Waals surface area contributed by atoms with Gasteiger partial charge in [-0.3, -0.25) is 9.78 Å². The number of hydrogen-bond acceptors (Lipinski definition) is 5. The molecule has 1 aromatic rings. The molecule has 0 radical (unpaired) electrons. The fourth-order valence-electron chi connectivity index (χ4n) is 3.65. The molecule has 1 aromatic heterocycles. The van der Waals surface area contributed by atoms with Crippen molar-refractivity contribution in [3.8, 4) is 0 Å². The van der Waals surface area contributed by atoms with Gasteiger partial charge in [0.25, 0.3) is 0 Å². The predicted octanol–water partition coefficient (Wildman–Crippen LogP) is 4.68. The summed E-state index contributed by atoms with van der Waals surface area (Å²) in [5.41, 5.74) is 0.492. The lowest BCUT2D eigenvalue weighted by atomic mass is 9.85. The van der Waals surface area contributed by atoms with E-state index in [0.29, 0.717) is 18.9 Å². The number of aromatic nitrogens is 1. The number of carbonyl (C=O) groups excluding carboxylic acids is 2. The molecule has 0 aromatic carbocycles. The van der Waals surface area contributed by atoms with Crippen LogP contribution in [-0.4, -0.2) is 40.1 Å². The summed E-state index contributed by atoms with van der Waals surface area (Å²) in [6.45, 7) is 6.13. The topological polar surface area (TPSA) is 80.3 Å². The minimum absolute atomic E-state index is 0.0373. The van der Waals surface area contributed by atoms with Crippen LogP contribution >= 0.6 is 11.8 Å². The number of hydrogen-bond donors (Lipinski definition) is 2. The molecule has 0 aliphatic heterocycles. The van der Waals surface area contributed by atoms with Crippen molar-refractivity contribution in [3.05, 3.63) is 30.1 Å². The lowest BCUT2D eigenvalue weighted by Crippen LogP contribution is -2.41. The molecule has 1 fully saturated rings. The molecule has 0 saturated heterocycles. The molecular formula is C23H37N3O3S. The fraction of sp³-hybridized carbons (Fsp3) is 0.696. The molecule has 1 aliphatic carbocycles. The minimum Gasteiger partial charge on any atom is -0.444 e. The van der Waals surface area contributed by atoms with Crippen LogP contribution in [0.25, 0.3) is 0 Å². The zero-order valence-electron chi connectivity index (χ0n) is 18.6. The van der Waals surface area contributed by atoms with Crippen LogP contribution in [0.2, 0.25) is 0 Å². The molecule has 2 N–H and O–H groups in total. The van der Waals surface area contributed by atoms with Crippen molar-refractivity contribution in [2.45, 2.75) is 83.9 Å². The van der Waals surface area contributed by atoms with E-state index in [1.54, 1.807) is 24.2 Å². The molecule has 1 atom stereocenters. The number of alkyl carbamates (subject to hydrolysis) is 1. The summed E-state index contributed by atoms with van der Waals surface area (Å²) in [4.78, 5) is 28.4. The van der Waals surface area contributed by atoms with Crippen LogP contribution in [0.3, 0.4) is 0 Å². The first-order valence-corrected chi connectivity index (χ1v) is 12.2. The van der Waals surface area contributed by atoms with Crippen LogP contribution in [0.1, 0.15) is 71.3 Å². The number of amides is 2. The number of pyridine rings is 1. The molecule has 0 bridgehead atoms. The quantitative estimate of drug-likeness (QED) is 0.521. The van der Waals surface area contributed by atoms with Crippen LogP contribution in [0.15, 0.2) is 24.5 Å². The maximum Gasteiger partial charge on any atom is 0.407 e. The van der Waals surface area contributed by atoms with E-state index in [4.69, 9.17) is 4.74 Å². The first-order valence-electron chi connectivity index (χ1n) is 11.0. The van der Waals surface area contributed by atoms with Gasteiger partial charge >= 0.3 is 6.09 Å². The summed E-state index contributed by atoms with van der Waals surface area (Å²) in [6, 6.07) is 3.88. The molecule has 0 unspecified atom stereocenters. The summed E-state index contributed by atoms with van der Waals surface area (Å²) in [5.74, 6) is 2.24. The highest BCUT2D eigenvalue weighted by Gasteiger charge is 2.23. The van der Waals surface area contributed by atoms with E-state index in [2.05, 4.69) is 15.6 Å². The molecule has 1 saturated carbocycles. The molecule has 168 valence electrons. The zero-order chi connectivity index (χ0) is 21.8. The maximum atomic E-state index is 12.3. The second kappa shape index (κ2) is 12.8. The van der Waals surface area contributed by atoms with Crippen molar-refractivity contribution in [2.24, 2.45) is 5.92 Å². The number of ether oxygens (including phenoxy) is 1. The zero-order valence-corrected chi connectivity index (χ0v) is 19.4. The summed E-state index contributed by atoms with van der Waals surface area (Å²) in [6.07, 6.45) is 11.0. The standard InChI is InChI=1S/C23H37N3O3S/c1-23(2,3)29-22(28)26-20(14-18-8-5-4-6-9-18)17-30-13-11-21(27)25-16-19-10-7-12-24-15-19/h7,10,12,15,18,20H,4-6,8-9,11,13-14,16-17H2,1-3H3,(H,25,27)(H,26,28)/t20-/m0/s1. The Kier molecular flexibility index (Phi) is 10.5. The molecule has 1 aliphatic rings. The second-order valence-corrected chi connectivity index (χ2v) is 10.2. The maximum absolute atomic E-state index is 12.3. The highest BCUT2D eigenvalue weighted by Crippen LogP contribution is 2.28. The molecule has 1 heterocycles. The van der Waals surface area contributed by atoms with Gasteiger partial charge in [0.1, 0.15) is 5.60 Å². The van der Waals surface area contributed by atoms with Crippen molar-refractivity contribution in [1.29, 1.82) is 0 Å². The largest absolute Gasteiger partial charge is 0.444 e. The van der Waals surface area contributed by atoms with Crippen LogP contribution in [0, 0.1) is 5.92 Å². The Morgan fingerprint density at radius 2 is 2.03 bits per heavy atom. The van der Waals surface area contributed by atoms with Crippen molar-refractivity contribution >= 4 is 23.8 Å². The van der Waals surface area contributed by atoms with E-state index in [-0.39, 0.29) is 18.0 Å². The Morgan fingerprint density at radius 1 is 1.27 bits per heavy atom. The molecular weight excluding hydrogens is 398 g/mol. The van der Waals surface area contributed by atoms with Gasteiger partial charge in [-0.15, -0.1) is 0 Å². The Morgan fingerprint density at radius 3 is 2.70 bits per heavy atom. The van der Waals surface area contributed by atoms with Crippen LogP contribution in [0.5, 0.6) is 0 Å². The Labute approximate surface area is 185 Å². The monoisotopic (exact) mass is 435 g/mol. The summed E-state index contributed by atoms with van der Waals surface area (Å²) < 4.78 is 5.45. The summed E-state index contributed by atoms with van der Waals surface area (Å²) in [5, 5.41) is 5.99. The van der Waals surface area contributed by atoms with Gasteiger partial charge in [0.15, 0.2) is 0 Å². The van der Waals surface area contributed by atoms with Gasteiger partial charge in [0.2, 0.25) is 5.91 Å².